The second kappa shape index (κ2) is 41.8. The van der Waals surface area contributed by atoms with Gasteiger partial charge in [0.15, 0.2) is 6.10 Å². The molecular formula is C51H89NO7. The van der Waals surface area contributed by atoms with Crippen molar-refractivity contribution in [3.63, 3.8) is 0 Å². The van der Waals surface area contributed by atoms with Gasteiger partial charge in [-0.2, -0.15) is 0 Å². The van der Waals surface area contributed by atoms with Crippen LogP contribution in [0.25, 0.3) is 0 Å². The van der Waals surface area contributed by atoms with Gasteiger partial charge >= 0.3 is 11.9 Å². The molecule has 2 atom stereocenters. The van der Waals surface area contributed by atoms with Crippen LogP contribution in [0.2, 0.25) is 0 Å². The van der Waals surface area contributed by atoms with E-state index >= 15 is 0 Å². The summed E-state index contributed by atoms with van der Waals surface area (Å²) in [7, 11) is 5.40. The molecule has 0 rings (SSSR count). The fraction of sp³-hybridized carbons (Fsp3) is 0.745. The van der Waals surface area contributed by atoms with Crippen LogP contribution in [0.3, 0.4) is 0 Å². The number of likely N-dealkylation sites (N-methyl/N-ethyl adjacent to an activating group) is 1. The maximum absolute atomic E-state index is 12.8. The summed E-state index contributed by atoms with van der Waals surface area (Å²) in [6.45, 7) is 4.52. The Morgan fingerprint density at radius 2 is 0.949 bits per heavy atom. The lowest BCUT2D eigenvalue weighted by molar-refractivity contribution is -0.889. The Labute approximate surface area is 362 Å². The van der Waals surface area contributed by atoms with E-state index in [9.17, 15) is 19.5 Å². The van der Waals surface area contributed by atoms with Gasteiger partial charge in [-0.3, -0.25) is 9.59 Å². The van der Waals surface area contributed by atoms with Gasteiger partial charge in [0, 0.05) is 19.3 Å². The van der Waals surface area contributed by atoms with Gasteiger partial charge < -0.3 is 28.6 Å². The number of carboxylic acids is 1. The second-order valence-electron chi connectivity index (χ2n) is 17.0. The molecule has 0 radical (unpaired) electrons. The average molecular weight is 828 g/mol. The summed E-state index contributed by atoms with van der Waals surface area (Å²) in [5.74, 6) is -1.76. The third-order valence-corrected chi connectivity index (χ3v) is 10.4. The third kappa shape index (κ3) is 40.2. The van der Waals surface area contributed by atoms with Gasteiger partial charge in [-0.25, -0.2) is 0 Å². The maximum Gasteiger partial charge on any atom is 0.306 e. The number of unbranched alkanes of at least 4 members (excludes halogenated alkanes) is 18. The third-order valence-electron chi connectivity index (χ3n) is 10.4. The molecule has 0 saturated carbocycles. The van der Waals surface area contributed by atoms with Crippen LogP contribution >= 0.6 is 0 Å². The summed E-state index contributed by atoms with van der Waals surface area (Å²) >= 11 is 0. The lowest BCUT2D eigenvalue weighted by Crippen LogP contribution is -2.55. The van der Waals surface area contributed by atoms with Crippen LogP contribution in [0, 0.1) is 0 Å². The highest BCUT2D eigenvalue weighted by Crippen LogP contribution is 2.14. The smallest absolute Gasteiger partial charge is 0.306 e. The highest BCUT2D eigenvalue weighted by atomic mass is 16.6. The fourth-order valence-electron chi connectivity index (χ4n) is 6.70. The molecule has 8 heteroatoms. The van der Waals surface area contributed by atoms with E-state index in [4.69, 9.17) is 14.2 Å². The van der Waals surface area contributed by atoms with Crippen molar-refractivity contribution in [3.05, 3.63) is 60.8 Å². The molecule has 0 N–H and O–H groups in total. The Balaban J connectivity index is 4.32. The summed E-state index contributed by atoms with van der Waals surface area (Å²) in [5, 5.41) is 11.6. The SMILES string of the molecule is CC/C=C/C/C=C/C/C=C/C/C=C/CCCCCCCCCC(=O)OC(COCCC(C(=O)[O-])[N+](C)(C)C)COC(=O)CCCCCCCCC/C=C/CCCCCC. The van der Waals surface area contributed by atoms with Crippen LogP contribution in [0.5, 0.6) is 0 Å². The van der Waals surface area contributed by atoms with Crippen molar-refractivity contribution in [1.82, 2.24) is 0 Å². The largest absolute Gasteiger partial charge is 0.544 e. The number of carbonyl (C=O) groups is 3. The van der Waals surface area contributed by atoms with Gasteiger partial charge in [0.25, 0.3) is 0 Å². The molecule has 0 aliphatic rings. The van der Waals surface area contributed by atoms with Crippen LogP contribution in [-0.2, 0) is 28.6 Å². The number of quaternary nitrogens is 1. The molecule has 0 aliphatic heterocycles. The first kappa shape index (κ1) is 56.0. The first-order valence-electron chi connectivity index (χ1n) is 23.8. The number of rotatable bonds is 42. The number of esters is 2. The summed E-state index contributed by atoms with van der Waals surface area (Å²) < 4.78 is 17.2. The molecule has 59 heavy (non-hydrogen) atoms. The molecule has 0 saturated heterocycles. The highest BCUT2D eigenvalue weighted by Gasteiger charge is 2.25. The molecule has 0 amide bonds. The van der Waals surface area contributed by atoms with Gasteiger partial charge in [0.05, 0.1) is 40.3 Å². The van der Waals surface area contributed by atoms with Gasteiger partial charge in [-0.15, -0.1) is 0 Å². The lowest BCUT2D eigenvalue weighted by atomic mass is 10.1. The molecule has 2 unspecified atom stereocenters. The van der Waals surface area contributed by atoms with Crippen molar-refractivity contribution < 1.29 is 38.2 Å². The van der Waals surface area contributed by atoms with E-state index in [-0.39, 0.29) is 42.7 Å². The van der Waals surface area contributed by atoms with E-state index in [0.717, 1.165) is 77.0 Å². The zero-order valence-electron chi connectivity index (χ0n) is 38.7. The molecular weight excluding hydrogens is 739 g/mol. The van der Waals surface area contributed by atoms with Crippen LogP contribution < -0.4 is 5.11 Å². The molecule has 340 valence electrons. The summed E-state index contributed by atoms with van der Waals surface area (Å²) in [4.78, 5) is 36.9. The van der Waals surface area contributed by atoms with Crippen molar-refractivity contribution >= 4 is 17.9 Å². The van der Waals surface area contributed by atoms with Crippen LogP contribution in [0.4, 0.5) is 0 Å². The van der Waals surface area contributed by atoms with Crippen LogP contribution in [-0.4, -0.2) is 75.5 Å². The molecule has 8 nitrogen and oxygen atoms in total. The monoisotopic (exact) mass is 828 g/mol. The van der Waals surface area contributed by atoms with Crippen LogP contribution in [0.1, 0.15) is 194 Å². The summed E-state index contributed by atoms with van der Waals surface area (Å²) in [6, 6.07) is -0.730. The van der Waals surface area contributed by atoms with E-state index in [1.807, 2.05) is 0 Å². The van der Waals surface area contributed by atoms with Crippen molar-refractivity contribution in [2.24, 2.45) is 0 Å². The normalized spacial score (nSPS) is 13.4. The van der Waals surface area contributed by atoms with Gasteiger partial charge in [-0.1, -0.05) is 158 Å². The minimum atomic E-state index is -1.13. The van der Waals surface area contributed by atoms with Gasteiger partial charge in [0.2, 0.25) is 0 Å². The molecule has 0 aromatic heterocycles. The number of carboxylic acid groups (broad SMARTS) is 1. The maximum atomic E-state index is 12.8. The zero-order chi connectivity index (χ0) is 43.5. The Kier molecular flexibility index (Phi) is 39.6. The topological polar surface area (TPSA) is 102 Å². The van der Waals surface area contributed by atoms with Crippen LogP contribution in [0.15, 0.2) is 60.8 Å². The Morgan fingerprint density at radius 3 is 1.42 bits per heavy atom. The lowest BCUT2D eigenvalue weighted by Gasteiger charge is -2.34. The van der Waals surface area contributed by atoms with E-state index in [1.54, 1.807) is 21.1 Å². The number of ether oxygens (including phenoxy) is 3. The predicted octanol–water partition coefficient (Wildman–Crippen LogP) is 12.0. The van der Waals surface area contributed by atoms with Gasteiger partial charge in [-0.05, 0) is 77.0 Å². The predicted molar refractivity (Wildman–Crippen MR) is 245 cm³/mol. The average Bonchev–Trinajstić information content (AvgIpc) is 3.19. The first-order chi connectivity index (χ1) is 28.6. The number of aliphatic carboxylic acids is 1. The molecule has 0 bridgehead atoms. The minimum Gasteiger partial charge on any atom is -0.544 e. The van der Waals surface area contributed by atoms with E-state index < -0.39 is 18.1 Å². The Morgan fingerprint density at radius 1 is 0.525 bits per heavy atom. The second-order valence-corrected chi connectivity index (χ2v) is 17.0. The van der Waals surface area contributed by atoms with Crippen molar-refractivity contribution in [2.45, 2.75) is 206 Å². The zero-order valence-corrected chi connectivity index (χ0v) is 38.7. The molecule has 0 aliphatic carbocycles. The minimum absolute atomic E-state index is 0.0333. The first-order valence-corrected chi connectivity index (χ1v) is 23.8. The quantitative estimate of drug-likeness (QED) is 0.0261. The summed E-state index contributed by atoms with van der Waals surface area (Å²) in [6.07, 6.45) is 50.9. The molecule has 0 fully saturated rings. The summed E-state index contributed by atoms with van der Waals surface area (Å²) in [5.41, 5.74) is 0. The van der Waals surface area contributed by atoms with E-state index in [2.05, 4.69) is 74.6 Å². The van der Waals surface area contributed by atoms with E-state index in [1.165, 1.54) is 83.5 Å². The van der Waals surface area contributed by atoms with Crippen molar-refractivity contribution in [2.75, 3.05) is 41.0 Å². The van der Waals surface area contributed by atoms with Gasteiger partial charge in [0.1, 0.15) is 12.6 Å². The number of nitrogens with zero attached hydrogens (tertiary/aromatic N) is 1. The molecule has 0 aromatic rings. The number of carbonyl (C=O) groups excluding carboxylic acids is 3. The number of allylic oxidation sites excluding steroid dienone is 10. The molecule has 0 heterocycles. The van der Waals surface area contributed by atoms with Crippen molar-refractivity contribution in [3.8, 4) is 0 Å². The molecule has 0 aromatic carbocycles. The number of hydrogen-bond acceptors (Lipinski definition) is 7. The molecule has 0 spiro atoms. The standard InChI is InChI=1S/C51H89NO7/c1-6-8-10-12-14-16-18-20-22-23-24-25-26-28-30-32-34-36-38-40-42-50(54)59-47(45-57-44-43-48(51(55)56)52(3,4)5)46-58-49(53)41-39-37-35-33-31-29-27-21-19-17-15-13-11-9-7-2/h8,10,14,16-17,19-20,22,24-25,47-48H,6-7,9,11-13,15,18,21,23,26-46H2,1-5H3/b10-8+,16-14+,19-17+,22-20+,25-24+. The highest BCUT2D eigenvalue weighted by molar-refractivity contribution is 5.70. The fourth-order valence-corrected chi connectivity index (χ4v) is 6.70. The van der Waals surface area contributed by atoms with Crippen molar-refractivity contribution in [1.29, 1.82) is 0 Å². The Bertz CT molecular complexity index is 1150. The van der Waals surface area contributed by atoms with E-state index in [0.29, 0.717) is 12.8 Å². The number of hydrogen-bond donors (Lipinski definition) is 0. The Hall–Kier alpha value is -2.97.